The van der Waals surface area contributed by atoms with Crippen molar-refractivity contribution in [2.75, 3.05) is 24.4 Å². The maximum absolute atomic E-state index is 12.7. The highest BCUT2D eigenvalue weighted by Gasteiger charge is 2.14. The Balaban J connectivity index is 1.74. The first-order chi connectivity index (χ1) is 14.0. The molecule has 0 saturated heterocycles. The summed E-state index contributed by atoms with van der Waals surface area (Å²) in [5.74, 6) is 0.386. The van der Waals surface area contributed by atoms with Gasteiger partial charge in [0.1, 0.15) is 17.3 Å². The van der Waals surface area contributed by atoms with E-state index in [2.05, 4.69) is 20.0 Å². The van der Waals surface area contributed by atoms with Gasteiger partial charge in [-0.3, -0.25) is 4.79 Å². The summed E-state index contributed by atoms with van der Waals surface area (Å²) in [6.45, 7) is 2.41. The molecule has 7 heteroatoms. The van der Waals surface area contributed by atoms with Gasteiger partial charge in [-0.25, -0.2) is 14.8 Å². The number of rotatable bonds is 6. The van der Waals surface area contributed by atoms with Crippen molar-refractivity contribution >= 4 is 23.4 Å². The van der Waals surface area contributed by atoms with Gasteiger partial charge >= 0.3 is 5.97 Å². The topological polar surface area (TPSA) is 84.4 Å². The molecular weight excluding hydrogens is 368 g/mol. The van der Waals surface area contributed by atoms with Gasteiger partial charge in [0.25, 0.3) is 5.91 Å². The molecule has 0 aliphatic carbocycles. The van der Waals surface area contributed by atoms with Crippen molar-refractivity contribution in [2.45, 2.75) is 13.5 Å². The number of ether oxygens (including phenoxy) is 1. The van der Waals surface area contributed by atoms with Crippen LogP contribution in [0.15, 0.2) is 60.7 Å². The molecule has 1 N–H and O–H groups in total. The highest BCUT2D eigenvalue weighted by Crippen LogP contribution is 2.16. The Morgan fingerprint density at radius 1 is 1.03 bits per heavy atom. The standard InChI is InChI=1S/C22H22N4O3/c1-15-23-19(13-20(24-15)26(2)14-16-7-5-4-6-8-16)21(27)25-18-11-9-17(10-12-18)22(28)29-3/h4-13H,14H2,1-3H3,(H,25,27). The molecule has 0 spiro atoms. The lowest BCUT2D eigenvalue weighted by Crippen LogP contribution is -2.21. The Morgan fingerprint density at radius 2 is 1.72 bits per heavy atom. The Hall–Kier alpha value is -3.74. The third-order valence-electron chi connectivity index (χ3n) is 4.27. The number of benzene rings is 2. The third-order valence-corrected chi connectivity index (χ3v) is 4.27. The number of nitrogens with zero attached hydrogens (tertiary/aromatic N) is 3. The summed E-state index contributed by atoms with van der Waals surface area (Å²) < 4.78 is 4.67. The summed E-state index contributed by atoms with van der Waals surface area (Å²) in [7, 11) is 3.24. The smallest absolute Gasteiger partial charge is 0.337 e. The molecule has 0 fully saturated rings. The largest absolute Gasteiger partial charge is 0.465 e. The second-order valence-electron chi connectivity index (χ2n) is 6.52. The van der Waals surface area contributed by atoms with Gasteiger partial charge in [0.2, 0.25) is 0 Å². The highest BCUT2D eigenvalue weighted by molar-refractivity contribution is 6.03. The van der Waals surface area contributed by atoms with Crippen molar-refractivity contribution in [3.63, 3.8) is 0 Å². The van der Waals surface area contributed by atoms with Crippen LogP contribution in [0.2, 0.25) is 0 Å². The van der Waals surface area contributed by atoms with Gasteiger partial charge in [0.15, 0.2) is 0 Å². The Kier molecular flexibility index (Phi) is 6.19. The zero-order valence-corrected chi connectivity index (χ0v) is 16.5. The molecule has 2 aromatic carbocycles. The molecule has 0 unspecified atom stereocenters. The number of carbonyl (C=O) groups excluding carboxylic acids is 2. The molecule has 0 atom stereocenters. The summed E-state index contributed by atoms with van der Waals surface area (Å²) in [5.41, 5.74) is 2.37. The minimum Gasteiger partial charge on any atom is -0.465 e. The number of carbonyl (C=O) groups is 2. The van der Waals surface area contributed by atoms with Gasteiger partial charge in [-0.15, -0.1) is 0 Å². The predicted octanol–water partition coefficient (Wildman–Crippen LogP) is 3.46. The van der Waals surface area contributed by atoms with Gasteiger partial charge < -0.3 is 15.0 Å². The first-order valence-electron chi connectivity index (χ1n) is 9.07. The van der Waals surface area contributed by atoms with Crippen LogP contribution in [0.1, 0.15) is 32.2 Å². The summed E-state index contributed by atoms with van der Waals surface area (Å²) in [4.78, 5) is 34.8. The molecule has 3 aromatic rings. The Labute approximate surface area is 169 Å². The monoisotopic (exact) mass is 390 g/mol. The molecule has 1 heterocycles. The summed E-state index contributed by atoms with van der Waals surface area (Å²) in [5, 5.41) is 2.79. The Morgan fingerprint density at radius 3 is 2.38 bits per heavy atom. The molecule has 1 amide bonds. The number of aromatic nitrogens is 2. The number of aryl methyl sites for hydroxylation is 1. The maximum atomic E-state index is 12.7. The summed E-state index contributed by atoms with van der Waals surface area (Å²) in [6.07, 6.45) is 0. The third kappa shape index (κ3) is 5.16. The number of amides is 1. The molecule has 0 saturated carbocycles. The van der Waals surface area contributed by atoms with Crippen molar-refractivity contribution in [3.05, 3.63) is 83.3 Å². The van der Waals surface area contributed by atoms with Crippen molar-refractivity contribution in [2.24, 2.45) is 0 Å². The van der Waals surface area contributed by atoms with E-state index in [1.165, 1.54) is 7.11 Å². The molecular formula is C22H22N4O3. The van der Waals surface area contributed by atoms with Gasteiger partial charge in [-0.2, -0.15) is 0 Å². The van der Waals surface area contributed by atoms with Crippen molar-refractivity contribution < 1.29 is 14.3 Å². The molecule has 0 bridgehead atoms. The average Bonchev–Trinajstić information content (AvgIpc) is 2.74. The fourth-order valence-electron chi connectivity index (χ4n) is 2.80. The van der Waals surface area contributed by atoms with Crippen LogP contribution >= 0.6 is 0 Å². The van der Waals surface area contributed by atoms with E-state index < -0.39 is 5.97 Å². The lowest BCUT2D eigenvalue weighted by atomic mass is 10.2. The SMILES string of the molecule is COC(=O)c1ccc(NC(=O)c2cc(N(C)Cc3ccccc3)nc(C)n2)cc1. The molecule has 148 valence electrons. The van der Waals surface area contributed by atoms with E-state index in [4.69, 9.17) is 0 Å². The minimum absolute atomic E-state index is 0.268. The van der Waals surface area contributed by atoms with Crippen LogP contribution in [0.4, 0.5) is 11.5 Å². The number of methoxy groups -OCH3 is 1. The molecule has 3 rings (SSSR count). The van der Waals surface area contributed by atoms with Gasteiger partial charge in [-0.1, -0.05) is 30.3 Å². The number of esters is 1. The van der Waals surface area contributed by atoms with E-state index in [-0.39, 0.29) is 11.6 Å². The highest BCUT2D eigenvalue weighted by atomic mass is 16.5. The molecule has 1 aromatic heterocycles. The second-order valence-corrected chi connectivity index (χ2v) is 6.52. The minimum atomic E-state index is -0.430. The molecule has 0 aliphatic heterocycles. The van der Waals surface area contributed by atoms with E-state index in [9.17, 15) is 9.59 Å². The van der Waals surface area contributed by atoms with E-state index in [0.29, 0.717) is 29.4 Å². The molecule has 0 aliphatic rings. The molecule has 29 heavy (non-hydrogen) atoms. The van der Waals surface area contributed by atoms with Crippen LogP contribution in [0.25, 0.3) is 0 Å². The van der Waals surface area contributed by atoms with Crippen LogP contribution in [-0.4, -0.2) is 36.0 Å². The first-order valence-corrected chi connectivity index (χ1v) is 9.07. The zero-order chi connectivity index (χ0) is 20.8. The molecule has 7 nitrogen and oxygen atoms in total. The predicted molar refractivity (Wildman–Crippen MR) is 111 cm³/mol. The van der Waals surface area contributed by atoms with Crippen LogP contribution in [-0.2, 0) is 11.3 Å². The fourth-order valence-corrected chi connectivity index (χ4v) is 2.80. The van der Waals surface area contributed by atoms with Gasteiger partial charge in [-0.05, 0) is 36.8 Å². The normalized spacial score (nSPS) is 10.3. The number of hydrogen-bond acceptors (Lipinski definition) is 6. The van der Waals surface area contributed by atoms with Crippen LogP contribution in [0, 0.1) is 6.92 Å². The summed E-state index contributed by atoms with van der Waals surface area (Å²) >= 11 is 0. The first kappa shape index (κ1) is 20.0. The fraction of sp³-hybridized carbons (Fsp3) is 0.182. The maximum Gasteiger partial charge on any atom is 0.337 e. The number of hydrogen-bond donors (Lipinski definition) is 1. The zero-order valence-electron chi connectivity index (χ0n) is 16.5. The molecule has 0 radical (unpaired) electrons. The van der Waals surface area contributed by atoms with E-state index in [1.54, 1.807) is 37.3 Å². The van der Waals surface area contributed by atoms with Crippen molar-refractivity contribution in [1.82, 2.24) is 9.97 Å². The average molecular weight is 390 g/mol. The van der Waals surface area contributed by atoms with Crippen LogP contribution in [0.3, 0.4) is 0 Å². The number of nitrogens with one attached hydrogen (secondary N) is 1. The number of anilines is 2. The Bertz CT molecular complexity index is 1000. The van der Waals surface area contributed by atoms with Gasteiger partial charge in [0.05, 0.1) is 12.7 Å². The quantitative estimate of drug-likeness (QED) is 0.649. The van der Waals surface area contributed by atoms with Crippen molar-refractivity contribution in [1.29, 1.82) is 0 Å². The van der Waals surface area contributed by atoms with Crippen molar-refractivity contribution in [3.8, 4) is 0 Å². The lowest BCUT2D eigenvalue weighted by molar-refractivity contribution is 0.0600. The second kappa shape index (κ2) is 8.97. The summed E-state index contributed by atoms with van der Waals surface area (Å²) in [6, 6.07) is 18.1. The van der Waals surface area contributed by atoms with Crippen LogP contribution in [0.5, 0.6) is 0 Å². The van der Waals surface area contributed by atoms with E-state index in [0.717, 1.165) is 5.56 Å². The van der Waals surface area contributed by atoms with E-state index >= 15 is 0 Å². The lowest BCUT2D eigenvalue weighted by Gasteiger charge is -2.19. The van der Waals surface area contributed by atoms with E-state index in [1.807, 2.05) is 42.3 Å². The van der Waals surface area contributed by atoms with Gasteiger partial charge in [0, 0.05) is 25.3 Å². The van der Waals surface area contributed by atoms with Crippen LogP contribution < -0.4 is 10.2 Å².